The normalized spacial score (nSPS) is 12.8. The summed E-state index contributed by atoms with van der Waals surface area (Å²) >= 11 is 2.29. The van der Waals surface area contributed by atoms with Crippen molar-refractivity contribution in [2.45, 2.75) is 18.9 Å². The molecule has 0 amide bonds. The molecule has 1 aromatic carbocycles. The lowest BCUT2D eigenvalue weighted by Gasteiger charge is -2.10. The van der Waals surface area contributed by atoms with Crippen molar-refractivity contribution < 1.29 is 0 Å². The summed E-state index contributed by atoms with van der Waals surface area (Å²) in [6.07, 6.45) is 1.96. The summed E-state index contributed by atoms with van der Waals surface area (Å²) < 4.78 is 1.24. The molecule has 0 aliphatic heterocycles. The summed E-state index contributed by atoms with van der Waals surface area (Å²) in [7, 11) is 0. The van der Waals surface area contributed by atoms with E-state index in [2.05, 4.69) is 46.9 Å². The van der Waals surface area contributed by atoms with Gasteiger partial charge < -0.3 is 11.5 Å². The number of benzene rings is 1. The maximum atomic E-state index is 5.97. The van der Waals surface area contributed by atoms with E-state index < -0.39 is 0 Å². The van der Waals surface area contributed by atoms with Crippen LogP contribution in [0.5, 0.6) is 0 Å². The number of nitrogens with two attached hydrogens (primary N) is 2. The van der Waals surface area contributed by atoms with Gasteiger partial charge in [0, 0.05) is 9.61 Å². The molecule has 3 heteroatoms. The van der Waals surface area contributed by atoms with Crippen molar-refractivity contribution in [1.82, 2.24) is 0 Å². The Morgan fingerprint density at radius 1 is 1.23 bits per heavy atom. The van der Waals surface area contributed by atoms with E-state index in [1.54, 1.807) is 0 Å². The molecule has 1 atom stereocenters. The highest BCUT2D eigenvalue weighted by atomic mass is 127. The van der Waals surface area contributed by atoms with Gasteiger partial charge in [0.15, 0.2) is 0 Å². The molecule has 13 heavy (non-hydrogen) atoms. The molecule has 0 bridgehead atoms. The molecule has 0 radical (unpaired) electrons. The maximum Gasteiger partial charge on any atom is 0.0295 e. The van der Waals surface area contributed by atoms with Crippen LogP contribution in [0, 0.1) is 3.57 Å². The maximum absolute atomic E-state index is 5.97. The third kappa shape index (κ3) is 3.62. The molecular formula is C10H15IN2. The summed E-state index contributed by atoms with van der Waals surface area (Å²) in [4.78, 5) is 0. The van der Waals surface area contributed by atoms with Gasteiger partial charge in [-0.3, -0.25) is 0 Å². The average molecular weight is 290 g/mol. The minimum atomic E-state index is 0.139. The van der Waals surface area contributed by atoms with Gasteiger partial charge in [-0.1, -0.05) is 12.1 Å². The molecule has 0 saturated carbocycles. The van der Waals surface area contributed by atoms with E-state index in [0.717, 1.165) is 19.4 Å². The molecule has 0 unspecified atom stereocenters. The van der Waals surface area contributed by atoms with Gasteiger partial charge >= 0.3 is 0 Å². The highest BCUT2D eigenvalue weighted by Gasteiger charge is 2.03. The first kappa shape index (κ1) is 10.9. The first-order chi connectivity index (χ1) is 6.24. The van der Waals surface area contributed by atoms with Crippen LogP contribution < -0.4 is 11.5 Å². The molecule has 4 N–H and O–H groups in total. The van der Waals surface area contributed by atoms with Gasteiger partial charge in [0.25, 0.3) is 0 Å². The lowest BCUT2D eigenvalue weighted by molar-refractivity contribution is 0.618. The zero-order valence-electron chi connectivity index (χ0n) is 7.54. The van der Waals surface area contributed by atoms with Crippen molar-refractivity contribution in [1.29, 1.82) is 0 Å². The number of halogens is 1. The fourth-order valence-electron chi connectivity index (χ4n) is 1.21. The van der Waals surface area contributed by atoms with Crippen LogP contribution in [0.25, 0.3) is 0 Å². The largest absolute Gasteiger partial charge is 0.330 e. The summed E-state index contributed by atoms with van der Waals surface area (Å²) in [6, 6.07) is 8.48. The van der Waals surface area contributed by atoms with Crippen molar-refractivity contribution in [3.05, 3.63) is 33.4 Å². The summed E-state index contributed by atoms with van der Waals surface area (Å²) in [5.41, 5.74) is 12.6. The lowest BCUT2D eigenvalue weighted by atomic mass is 10.0. The Bertz CT molecular complexity index is 246. The Labute approximate surface area is 92.8 Å². The van der Waals surface area contributed by atoms with Crippen LogP contribution in [-0.4, -0.2) is 6.54 Å². The van der Waals surface area contributed by atoms with E-state index in [0.29, 0.717) is 0 Å². The fourth-order valence-corrected chi connectivity index (χ4v) is 1.57. The monoisotopic (exact) mass is 290 g/mol. The number of hydrogen-bond donors (Lipinski definition) is 2. The van der Waals surface area contributed by atoms with Crippen LogP contribution in [0.4, 0.5) is 0 Å². The highest BCUT2D eigenvalue weighted by molar-refractivity contribution is 14.1. The van der Waals surface area contributed by atoms with Gasteiger partial charge in [-0.2, -0.15) is 0 Å². The Hall–Kier alpha value is -0.130. The molecule has 0 heterocycles. The first-order valence-corrected chi connectivity index (χ1v) is 5.53. The van der Waals surface area contributed by atoms with E-state index in [1.807, 2.05) is 0 Å². The molecule has 0 aromatic heterocycles. The molecule has 0 spiro atoms. The number of hydrogen-bond acceptors (Lipinski definition) is 2. The first-order valence-electron chi connectivity index (χ1n) is 4.45. The van der Waals surface area contributed by atoms with Crippen LogP contribution in [0.1, 0.15) is 24.4 Å². The molecule has 1 rings (SSSR count). The summed E-state index contributed by atoms with van der Waals surface area (Å²) in [5, 5.41) is 0. The van der Waals surface area contributed by atoms with E-state index in [1.165, 1.54) is 9.13 Å². The average Bonchev–Trinajstić information content (AvgIpc) is 2.15. The molecule has 72 valence electrons. The van der Waals surface area contributed by atoms with Crippen molar-refractivity contribution in [2.24, 2.45) is 11.5 Å². The lowest BCUT2D eigenvalue weighted by Crippen LogP contribution is -2.12. The van der Waals surface area contributed by atoms with Gasteiger partial charge in [-0.15, -0.1) is 0 Å². The zero-order chi connectivity index (χ0) is 9.68. The Morgan fingerprint density at radius 2 is 1.85 bits per heavy atom. The standard InChI is InChI=1S/C10H15IN2/c11-9-5-3-8(4-6-9)10(13)2-1-7-12/h3-6,10H,1-2,7,12-13H2/t10-/m1/s1. The third-order valence-corrected chi connectivity index (χ3v) is 2.74. The van der Waals surface area contributed by atoms with E-state index in [4.69, 9.17) is 11.5 Å². The minimum Gasteiger partial charge on any atom is -0.330 e. The summed E-state index contributed by atoms with van der Waals surface area (Å²) in [6.45, 7) is 0.720. The van der Waals surface area contributed by atoms with Gasteiger partial charge in [0.1, 0.15) is 0 Å². The van der Waals surface area contributed by atoms with Gasteiger partial charge in [0.2, 0.25) is 0 Å². The third-order valence-electron chi connectivity index (χ3n) is 2.02. The second kappa shape index (κ2) is 5.57. The predicted octanol–water partition coefficient (Wildman–Crippen LogP) is 2.03. The molecular weight excluding hydrogens is 275 g/mol. The van der Waals surface area contributed by atoms with E-state index in [9.17, 15) is 0 Å². The van der Waals surface area contributed by atoms with Crippen molar-refractivity contribution in [3.8, 4) is 0 Å². The van der Waals surface area contributed by atoms with E-state index in [-0.39, 0.29) is 6.04 Å². The van der Waals surface area contributed by atoms with Gasteiger partial charge in [0.05, 0.1) is 0 Å². The minimum absolute atomic E-state index is 0.139. The SMILES string of the molecule is NCCC[C@@H](N)c1ccc(I)cc1. The van der Waals surface area contributed by atoms with Gasteiger partial charge in [-0.25, -0.2) is 0 Å². The fraction of sp³-hybridized carbons (Fsp3) is 0.400. The van der Waals surface area contributed by atoms with Crippen LogP contribution >= 0.6 is 22.6 Å². The predicted molar refractivity (Wildman–Crippen MR) is 64.4 cm³/mol. The second-order valence-electron chi connectivity index (χ2n) is 3.09. The van der Waals surface area contributed by atoms with Crippen molar-refractivity contribution >= 4 is 22.6 Å². The van der Waals surface area contributed by atoms with Crippen LogP contribution in [0.2, 0.25) is 0 Å². The molecule has 0 aliphatic rings. The van der Waals surface area contributed by atoms with E-state index >= 15 is 0 Å². The highest BCUT2D eigenvalue weighted by Crippen LogP contribution is 2.16. The zero-order valence-corrected chi connectivity index (χ0v) is 9.70. The Kier molecular flexibility index (Phi) is 4.69. The Morgan fingerprint density at radius 3 is 2.38 bits per heavy atom. The Balaban J connectivity index is 2.55. The molecule has 2 nitrogen and oxygen atoms in total. The molecule has 0 aliphatic carbocycles. The smallest absolute Gasteiger partial charge is 0.0295 e. The van der Waals surface area contributed by atoms with Crippen LogP contribution in [0.15, 0.2) is 24.3 Å². The van der Waals surface area contributed by atoms with Crippen LogP contribution in [0.3, 0.4) is 0 Å². The quantitative estimate of drug-likeness (QED) is 0.834. The number of rotatable bonds is 4. The topological polar surface area (TPSA) is 52.0 Å². The van der Waals surface area contributed by atoms with Crippen molar-refractivity contribution in [3.63, 3.8) is 0 Å². The molecule has 0 saturated heterocycles. The van der Waals surface area contributed by atoms with Crippen LogP contribution in [-0.2, 0) is 0 Å². The summed E-state index contributed by atoms with van der Waals surface area (Å²) in [5.74, 6) is 0. The van der Waals surface area contributed by atoms with Gasteiger partial charge in [-0.05, 0) is 59.7 Å². The second-order valence-corrected chi connectivity index (χ2v) is 4.33. The molecule has 1 aromatic rings. The van der Waals surface area contributed by atoms with Crippen molar-refractivity contribution in [2.75, 3.05) is 6.54 Å². The molecule has 0 fully saturated rings.